The van der Waals surface area contributed by atoms with Crippen molar-refractivity contribution in [1.82, 2.24) is 30.1 Å². The van der Waals surface area contributed by atoms with E-state index in [4.69, 9.17) is 4.98 Å². The number of hydrogen-bond acceptors (Lipinski definition) is 5. The predicted molar refractivity (Wildman–Crippen MR) is 150 cm³/mol. The highest BCUT2D eigenvalue weighted by atomic mass is 19.1. The fraction of sp³-hybridized carbons (Fsp3) is 0.133. The molecule has 4 heterocycles. The molecular weight excluding hydrogens is 477 g/mol. The zero-order valence-corrected chi connectivity index (χ0v) is 20.9. The third-order valence-electron chi connectivity index (χ3n) is 6.51. The third kappa shape index (κ3) is 4.52. The van der Waals surface area contributed by atoms with Crippen LogP contribution >= 0.6 is 0 Å². The van der Waals surface area contributed by atoms with E-state index in [1.165, 1.54) is 12.1 Å². The van der Waals surface area contributed by atoms with Crippen molar-refractivity contribution in [3.05, 3.63) is 91.3 Å². The van der Waals surface area contributed by atoms with Crippen molar-refractivity contribution in [3.8, 4) is 33.9 Å². The molecule has 0 spiro atoms. The van der Waals surface area contributed by atoms with Crippen LogP contribution in [0.25, 0.3) is 55.8 Å². The van der Waals surface area contributed by atoms with Crippen molar-refractivity contribution in [2.75, 3.05) is 5.32 Å². The Labute approximate surface area is 218 Å². The molecule has 6 rings (SSSR count). The van der Waals surface area contributed by atoms with Crippen molar-refractivity contribution in [2.24, 2.45) is 0 Å². The van der Waals surface area contributed by atoms with Gasteiger partial charge in [-0.1, -0.05) is 38.1 Å². The summed E-state index contributed by atoms with van der Waals surface area (Å²) in [5.74, 6) is 0.289. The molecule has 0 amide bonds. The summed E-state index contributed by atoms with van der Waals surface area (Å²) in [4.78, 5) is 17.1. The average molecular weight is 504 g/mol. The molecule has 188 valence electrons. The lowest BCUT2D eigenvalue weighted by atomic mass is 10.0. The van der Waals surface area contributed by atoms with Crippen molar-refractivity contribution in [3.63, 3.8) is 0 Å². The maximum Gasteiger partial charge on any atom is 0.159 e. The van der Waals surface area contributed by atoms with Gasteiger partial charge in [0.2, 0.25) is 0 Å². The first-order valence-electron chi connectivity index (χ1n) is 12.6. The van der Waals surface area contributed by atoms with Crippen molar-refractivity contribution in [2.45, 2.75) is 26.2 Å². The molecule has 38 heavy (non-hydrogen) atoms. The van der Waals surface area contributed by atoms with E-state index in [0.29, 0.717) is 28.3 Å². The lowest BCUT2D eigenvalue weighted by Crippen LogP contribution is -1.98. The SMILES string of the molecule is C=C(CCCC)Nc1cncc(-c2ccc3[nH]nc(-c4nc5c(-c6cccc(F)c6)nccc5[nH]4)c3c2)c1. The second kappa shape index (κ2) is 9.89. The maximum absolute atomic E-state index is 13.9. The number of rotatable bonds is 8. The van der Waals surface area contributed by atoms with Crippen molar-refractivity contribution < 1.29 is 4.39 Å². The van der Waals surface area contributed by atoms with E-state index in [2.05, 4.69) is 56.1 Å². The number of unbranched alkanes of at least 4 members (excludes halogenated alkanes) is 1. The Morgan fingerprint density at radius 2 is 1.89 bits per heavy atom. The molecule has 8 heteroatoms. The number of aromatic amines is 2. The molecule has 4 aromatic heterocycles. The summed E-state index contributed by atoms with van der Waals surface area (Å²) in [5.41, 5.74) is 8.20. The van der Waals surface area contributed by atoms with Gasteiger partial charge in [0.05, 0.1) is 28.6 Å². The molecule has 0 saturated heterocycles. The van der Waals surface area contributed by atoms with Crippen LogP contribution in [0.5, 0.6) is 0 Å². The minimum Gasteiger partial charge on any atom is -0.358 e. The quantitative estimate of drug-likeness (QED) is 0.200. The van der Waals surface area contributed by atoms with Crippen LogP contribution < -0.4 is 5.32 Å². The number of nitrogens with zero attached hydrogens (tertiary/aromatic N) is 4. The van der Waals surface area contributed by atoms with E-state index < -0.39 is 0 Å². The summed E-state index contributed by atoms with van der Waals surface area (Å²) >= 11 is 0. The number of halogens is 1. The number of nitrogens with one attached hydrogen (secondary N) is 3. The smallest absolute Gasteiger partial charge is 0.159 e. The molecule has 0 saturated carbocycles. The zero-order valence-electron chi connectivity index (χ0n) is 20.9. The Morgan fingerprint density at radius 1 is 0.974 bits per heavy atom. The number of pyridine rings is 2. The van der Waals surface area contributed by atoms with Gasteiger partial charge in [-0.3, -0.25) is 15.1 Å². The van der Waals surface area contributed by atoms with E-state index in [-0.39, 0.29) is 5.82 Å². The summed E-state index contributed by atoms with van der Waals surface area (Å²) < 4.78 is 13.9. The summed E-state index contributed by atoms with van der Waals surface area (Å²) in [6.07, 6.45) is 8.50. The Kier molecular flexibility index (Phi) is 6.13. The van der Waals surface area contributed by atoms with Gasteiger partial charge in [-0.15, -0.1) is 0 Å². The first-order chi connectivity index (χ1) is 18.6. The highest BCUT2D eigenvalue weighted by molar-refractivity contribution is 5.97. The number of benzene rings is 2. The minimum absolute atomic E-state index is 0.318. The van der Waals surface area contributed by atoms with Gasteiger partial charge < -0.3 is 10.3 Å². The fourth-order valence-electron chi connectivity index (χ4n) is 4.59. The number of imidazole rings is 1. The zero-order chi connectivity index (χ0) is 26.1. The second-order valence-electron chi connectivity index (χ2n) is 9.28. The maximum atomic E-state index is 13.9. The van der Waals surface area contributed by atoms with E-state index in [0.717, 1.165) is 58.2 Å². The Hall–Kier alpha value is -4.85. The lowest BCUT2D eigenvalue weighted by molar-refractivity contribution is 0.628. The molecule has 0 aliphatic heterocycles. The Morgan fingerprint density at radius 3 is 2.76 bits per heavy atom. The summed E-state index contributed by atoms with van der Waals surface area (Å²) in [7, 11) is 0. The molecule has 6 aromatic rings. The molecule has 0 fully saturated rings. The van der Waals surface area contributed by atoms with Crippen LogP contribution in [0.4, 0.5) is 10.1 Å². The van der Waals surface area contributed by atoms with Gasteiger partial charge in [0.25, 0.3) is 0 Å². The third-order valence-corrected chi connectivity index (χ3v) is 6.51. The topological polar surface area (TPSA) is 95.2 Å². The standard InChI is InChI=1S/C30H26FN7/c1-3-4-6-18(2)34-23-14-21(16-32-17-23)19-9-10-25-24(15-19)28(38-37-25)30-35-26-11-12-33-27(29(26)36-30)20-7-5-8-22(31)13-20/h5,7-17,34H,2-4,6H2,1H3,(H,35,36)(H,37,38). The molecular formula is C30H26FN7. The van der Waals surface area contributed by atoms with Gasteiger partial charge in [0, 0.05) is 34.6 Å². The number of H-pyrrole nitrogens is 2. The number of hydrogen-bond donors (Lipinski definition) is 3. The Bertz CT molecular complexity index is 1780. The van der Waals surface area contributed by atoms with E-state index in [1.54, 1.807) is 18.5 Å². The summed E-state index contributed by atoms with van der Waals surface area (Å²) in [5, 5.41) is 12.0. The first-order valence-corrected chi connectivity index (χ1v) is 12.6. The highest BCUT2D eigenvalue weighted by Crippen LogP contribution is 2.33. The lowest BCUT2D eigenvalue weighted by Gasteiger charge is -2.10. The van der Waals surface area contributed by atoms with Crippen molar-refractivity contribution in [1.29, 1.82) is 0 Å². The van der Waals surface area contributed by atoms with Gasteiger partial charge in [-0.2, -0.15) is 5.10 Å². The molecule has 0 radical (unpaired) electrons. The van der Waals surface area contributed by atoms with Crippen LogP contribution in [0.15, 0.2) is 85.5 Å². The molecule has 0 unspecified atom stereocenters. The predicted octanol–water partition coefficient (Wildman–Crippen LogP) is 7.49. The van der Waals surface area contributed by atoms with Gasteiger partial charge in [0.1, 0.15) is 17.0 Å². The largest absolute Gasteiger partial charge is 0.358 e. The molecule has 0 aliphatic carbocycles. The Balaban J connectivity index is 1.37. The molecule has 3 N–H and O–H groups in total. The monoisotopic (exact) mass is 503 g/mol. The average Bonchev–Trinajstić information content (AvgIpc) is 3.55. The fourth-order valence-corrected chi connectivity index (χ4v) is 4.59. The number of anilines is 1. The van der Waals surface area contributed by atoms with Crippen LogP contribution in [-0.4, -0.2) is 30.1 Å². The number of aromatic nitrogens is 6. The van der Waals surface area contributed by atoms with Crippen LogP contribution in [-0.2, 0) is 0 Å². The summed E-state index contributed by atoms with van der Waals surface area (Å²) in [6, 6.07) is 16.4. The van der Waals surface area contributed by atoms with Gasteiger partial charge in [-0.05, 0) is 54.8 Å². The molecule has 0 bridgehead atoms. The van der Waals surface area contributed by atoms with E-state index in [9.17, 15) is 4.39 Å². The normalized spacial score (nSPS) is 11.3. The number of fused-ring (bicyclic) bond motifs is 2. The molecule has 2 aromatic carbocycles. The van der Waals surface area contributed by atoms with Gasteiger partial charge in [0.15, 0.2) is 5.82 Å². The highest BCUT2D eigenvalue weighted by Gasteiger charge is 2.17. The first kappa shape index (κ1) is 23.5. The molecule has 0 atom stereocenters. The van der Waals surface area contributed by atoms with Gasteiger partial charge >= 0.3 is 0 Å². The van der Waals surface area contributed by atoms with Crippen LogP contribution in [0.3, 0.4) is 0 Å². The van der Waals surface area contributed by atoms with Crippen molar-refractivity contribution >= 4 is 27.6 Å². The summed E-state index contributed by atoms with van der Waals surface area (Å²) in [6.45, 7) is 6.30. The molecule has 0 aliphatic rings. The number of allylic oxidation sites excluding steroid dienone is 1. The van der Waals surface area contributed by atoms with E-state index >= 15 is 0 Å². The molecule has 7 nitrogen and oxygen atoms in total. The van der Waals surface area contributed by atoms with Gasteiger partial charge in [-0.25, -0.2) is 9.37 Å². The van der Waals surface area contributed by atoms with E-state index in [1.807, 2.05) is 30.5 Å². The van der Waals surface area contributed by atoms with Crippen LogP contribution in [0.1, 0.15) is 26.2 Å². The minimum atomic E-state index is -0.318. The second-order valence-corrected chi connectivity index (χ2v) is 9.28. The van der Waals surface area contributed by atoms with Crippen LogP contribution in [0, 0.1) is 5.82 Å². The van der Waals surface area contributed by atoms with Crippen LogP contribution in [0.2, 0.25) is 0 Å².